The number of hydrogen-bond donors (Lipinski definition) is 0. The minimum Gasteiger partial charge on any atom is -0.456 e. The highest BCUT2D eigenvalue weighted by atomic mass is 16.3. The highest BCUT2D eigenvalue weighted by Gasteiger charge is 2.58. The van der Waals surface area contributed by atoms with Crippen molar-refractivity contribution in [1.29, 1.82) is 0 Å². The van der Waals surface area contributed by atoms with Crippen molar-refractivity contribution < 1.29 is 4.42 Å². The Morgan fingerprint density at radius 1 is 0.661 bits per heavy atom. The van der Waals surface area contributed by atoms with Gasteiger partial charge in [-0.05, 0) is 102 Å². The molecule has 2 heterocycles. The minimum absolute atomic E-state index is 0.183. The number of allylic oxidation sites excluding steroid dienone is 9. The van der Waals surface area contributed by atoms with Crippen LogP contribution in [-0.4, -0.2) is 6.54 Å². The van der Waals surface area contributed by atoms with Crippen LogP contribution in [0.3, 0.4) is 0 Å². The van der Waals surface area contributed by atoms with Gasteiger partial charge in [-0.25, -0.2) is 0 Å². The molecule has 0 amide bonds. The van der Waals surface area contributed by atoms with Gasteiger partial charge in [-0.2, -0.15) is 0 Å². The molecule has 2 unspecified atom stereocenters. The first-order chi connectivity index (χ1) is 29.1. The van der Waals surface area contributed by atoms with Crippen LogP contribution in [0.25, 0.3) is 21.9 Å². The van der Waals surface area contributed by atoms with Crippen LogP contribution in [-0.2, 0) is 17.3 Å². The summed E-state index contributed by atoms with van der Waals surface area (Å²) in [6, 6.07) is 55.3. The monoisotopic (exact) mass is 762 g/mol. The van der Waals surface area contributed by atoms with Crippen molar-refractivity contribution in [1.82, 2.24) is 0 Å². The zero-order chi connectivity index (χ0) is 39.4. The SMILES string of the molecule is CC12CC=C(N(C3=C/Cc4ccccc4N(c4ccccc4)C/C=C\3)c3ccc4c(c3)oc3ccccc34)C=C1[C@](c1ccccc1)(C1C=CC=CC1)c1ccccc12. The Morgan fingerprint density at radius 2 is 1.41 bits per heavy atom. The van der Waals surface area contributed by atoms with Gasteiger partial charge in [0.15, 0.2) is 0 Å². The van der Waals surface area contributed by atoms with E-state index in [0.29, 0.717) is 0 Å². The van der Waals surface area contributed by atoms with E-state index in [9.17, 15) is 0 Å². The van der Waals surface area contributed by atoms with E-state index in [-0.39, 0.29) is 16.7 Å². The third-order valence-corrected chi connectivity index (χ3v) is 13.3. The van der Waals surface area contributed by atoms with Crippen molar-refractivity contribution in [3.05, 3.63) is 246 Å². The van der Waals surface area contributed by atoms with Crippen molar-refractivity contribution in [2.24, 2.45) is 5.92 Å². The smallest absolute Gasteiger partial charge is 0.137 e. The number of benzene rings is 6. The lowest BCUT2D eigenvalue weighted by Crippen LogP contribution is -2.40. The number of rotatable bonds is 6. The molecule has 286 valence electrons. The zero-order valence-electron chi connectivity index (χ0n) is 33.3. The fraction of sp³-hybridized carbons (Fsp3) is 0.143. The molecule has 3 heteroatoms. The molecule has 3 nitrogen and oxygen atoms in total. The fourth-order valence-electron chi connectivity index (χ4n) is 10.7. The van der Waals surface area contributed by atoms with E-state index in [4.69, 9.17) is 4.42 Å². The van der Waals surface area contributed by atoms with Crippen molar-refractivity contribution in [2.45, 2.75) is 37.0 Å². The van der Waals surface area contributed by atoms with Crippen LogP contribution in [0, 0.1) is 5.92 Å². The number of para-hydroxylation sites is 3. The predicted molar refractivity (Wildman–Crippen MR) is 245 cm³/mol. The Morgan fingerprint density at radius 3 is 2.25 bits per heavy atom. The Bertz CT molecular complexity index is 2920. The van der Waals surface area contributed by atoms with Crippen LogP contribution >= 0.6 is 0 Å². The maximum atomic E-state index is 6.57. The van der Waals surface area contributed by atoms with Crippen LogP contribution < -0.4 is 9.80 Å². The predicted octanol–water partition coefficient (Wildman–Crippen LogP) is 13.8. The lowest BCUT2D eigenvalue weighted by Gasteiger charge is -2.44. The Kier molecular flexibility index (Phi) is 8.51. The summed E-state index contributed by atoms with van der Waals surface area (Å²) in [6.07, 6.45) is 24.1. The molecule has 3 atom stereocenters. The van der Waals surface area contributed by atoms with Crippen LogP contribution in [0.4, 0.5) is 17.1 Å². The van der Waals surface area contributed by atoms with E-state index in [0.717, 1.165) is 59.1 Å². The summed E-state index contributed by atoms with van der Waals surface area (Å²) in [5.74, 6) is 0.258. The van der Waals surface area contributed by atoms with Gasteiger partial charge in [0, 0.05) is 62.7 Å². The van der Waals surface area contributed by atoms with Gasteiger partial charge in [0.25, 0.3) is 0 Å². The van der Waals surface area contributed by atoms with Gasteiger partial charge in [-0.15, -0.1) is 0 Å². The maximum absolute atomic E-state index is 6.57. The molecule has 7 aromatic rings. The second-order valence-corrected chi connectivity index (χ2v) is 16.5. The van der Waals surface area contributed by atoms with Gasteiger partial charge in [0.1, 0.15) is 11.2 Å². The summed E-state index contributed by atoms with van der Waals surface area (Å²) < 4.78 is 6.57. The molecule has 0 bridgehead atoms. The molecule has 0 spiro atoms. The Labute approximate surface area is 346 Å². The molecule has 0 saturated carbocycles. The first-order valence-electron chi connectivity index (χ1n) is 21.0. The van der Waals surface area contributed by atoms with Gasteiger partial charge in [-0.3, -0.25) is 0 Å². The summed E-state index contributed by atoms with van der Waals surface area (Å²) in [5, 5.41) is 2.27. The molecule has 0 radical (unpaired) electrons. The number of furan rings is 1. The molecule has 59 heavy (non-hydrogen) atoms. The lowest BCUT2D eigenvalue weighted by molar-refractivity contribution is 0.411. The molecular weight excluding hydrogens is 717 g/mol. The molecule has 1 aromatic heterocycles. The second kappa shape index (κ2) is 14.2. The number of hydrogen-bond acceptors (Lipinski definition) is 3. The van der Waals surface area contributed by atoms with Gasteiger partial charge in [0.2, 0.25) is 0 Å². The van der Waals surface area contributed by atoms with Gasteiger partial charge < -0.3 is 14.2 Å². The molecule has 3 aliphatic carbocycles. The first-order valence-corrected chi connectivity index (χ1v) is 21.0. The first kappa shape index (κ1) is 35.3. The summed E-state index contributed by atoms with van der Waals surface area (Å²) >= 11 is 0. The maximum Gasteiger partial charge on any atom is 0.137 e. The molecule has 11 rings (SSSR count). The lowest BCUT2D eigenvalue weighted by atomic mass is 9.59. The summed E-state index contributed by atoms with van der Waals surface area (Å²) in [7, 11) is 0. The quantitative estimate of drug-likeness (QED) is 0.168. The van der Waals surface area contributed by atoms with E-state index < -0.39 is 0 Å². The summed E-state index contributed by atoms with van der Waals surface area (Å²) in [4.78, 5) is 4.92. The average Bonchev–Trinajstić information content (AvgIpc) is 3.81. The van der Waals surface area contributed by atoms with Crippen LogP contribution in [0.2, 0.25) is 0 Å². The third kappa shape index (κ3) is 5.63. The standard InChI is InChI=1S/C56H46N2O/c1-55-36-35-46(39-54(55)56(41-19-5-2-6-20-41,42-21-7-3-8-22-42)50-28-14-13-27-49(50)55)58(45-33-34-48-47-26-12-16-30-52(47)59-53(48)38-45)44-25-17-37-57(43-23-9-4-10-24-43)51-29-15-11-18-40(51)31-32-44/h2-21,23-30,32-35,38-39,42H,22,31,36-37H2,1H3/b25-17-,44-32+/t42?,55?,56-/m1/s1. The van der Waals surface area contributed by atoms with Gasteiger partial charge in [-0.1, -0.05) is 159 Å². The molecule has 6 aromatic carbocycles. The number of anilines is 3. The van der Waals surface area contributed by atoms with Crippen molar-refractivity contribution in [3.63, 3.8) is 0 Å². The fourth-order valence-corrected chi connectivity index (χ4v) is 10.7. The zero-order valence-corrected chi connectivity index (χ0v) is 33.3. The topological polar surface area (TPSA) is 19.6 Å². The van der Waals surface area contributed by atoms with Crippen LogP contribution in [0.15, 0.2) is 228 Å². The van der Waals surface area contributed by atoms with Crippen molar-refractivity contribution >= 4 is 39.0 Å². The summed E-state index contributed by atoms with van der Waals surface area (Å²) in [5.41, 5.74) is 14.0. The summed E-state index contributed by atoms with van der Waals surface area (Å²) in [6.45, 7) is 3.22. The molecule has 1 aliphatic heterocycles. The Balaban J connectivity index is 1.12. The van der Waals surface area contributed by atoms with E-state index in [1.807, 2.05) is 6.07 Å². The molecule has 0 N–H and O–H groups in total. The van der Waals surface area contributed by atoms with E-state index >= 15 is 0 Å². The molecule has 0 saturated heterocycles. The van der Waals surface area contributed by atoms with Gasteiger partial charge in [0.05, 0.1) is 0 Å². The van der Waals surface area contributed by atoms with Crippen LogP contribution in [0.5, 0.6) is 0 Å². The van der Waals surface area contributed by atoms with E-state index in [1.54, 1.807) is 0 Å². The molecular formula is C56H46N2O. The third-order valence-electron chi connectivity index (χ3n) is 13.3. The second-order valence-electron chi connectivity index (χ2n) is 16.5. The normalized spacial score (nSPS) is 23.5. The highest BCUT2D eigenvalue weighted by molar-refractivity contribution is 6.05. The van der Waals surface area contributed by atoms with E-state index in [2.05, 4.69) is 217 Å². The minimum atomic E-state index is -0.348. The van der Waals surface area contributed by atoms with Gasteiger partial charge >= 0.3 is 0 Å². The number of nitrogens with zero attached hydrogens (tertiary/aromatic N) is 2. The highest BCUT2D eigenvalue weighted by Crippen LogP contribution is 2.64. The largest absolute Gasteiger partial charge is 0.456 e. The van der Waals surface area contributed by atoms with Crippen LogP contribution in [0.1, 0.15) is 42.0 Å². The van der Waals surface area contributed by atoms with E-state index in [1.165, 1.54) is 44.9 Å². The molecule has 0 fully saturated rings. The average molecular weight is 763 g/mol. The number of fused-ring (bicyclic) bond motifs is 7. The van der Waals surface area contributed by atoms with Crippen molar-refractivity contribution in [3.8, 4) is 0 Å². The molecule has 4 aliphatic rings. The van der Waals surface area contributed by atoms with Crippen molar-refractivity contribution in [2.75, 3.05) is 16.3 Å². The Hall–Kier alpha value is -6.84.